The van der Waals surface area contributed by atoms with Crippen LogP contribution in [-0.2, 0) is 4.79 Å². The first-order valence-electron chi connectivity index (χ1n) is 9.66. The maximum atomic E-state index is 12.4. The molecule has 24 heavy (non-hydrogen) atoms. The van der Waals surface area contributed by atoms with Gasteiger partial charge in [-0.2, -0.15) is 0 Å². The van der Waals surface area contributed by atoms with Crippen LogP contribution in [0.3, 0.4) is 0 Å². The van der Waals surface area contributed by atoms with Crippen molar-refractivity contribution in [3.8, 4) is 0 Å². The van der Waals surface area contributed by atoms with E-state index in [1.165, 1.54) is 38.5 Å². The van der Waals surface area contributed by atoms with Crippen molar-refractivity contribution in [3.05, 3.63) is 24.5 Å². The Kier molecular flexibility index (Phi) is 6.24. The van der Waals surface area contributed by atoms with E-state index in [0.717, 1.165) is 36.9 Å². The Hall–Kier alpha value is -1.42. The van der Waals surface area contributed by atoms with Gasteiger partial charge in [-0.15, -0.1) is 0 Å². The van der Waals surface area contributed by atoms with E-state index >= 15 is 0 Å². The van der Waals surface area contributed by atoms with E-state index in [4.69, 9.17) is 0 Å². The molecule has 3 rings (SSSR count). The molecule has 2 aliphatic carbocycles. The number of hydrogen-bond donors (Lipinski definition) is 2. The van der Waals surface area contributed by atoms with Crippen LogP contribution in [0.25, 0.3) is 0 Å². The molecule has 2 N–H and O–H groups in total. The molecular formula is C20H31N3O. The van der Waals surface area contributed by atoms with Crippen LogP contribution in [0.2, 0.25) is 0 Å². The molecule has 1 aromatic rings. The molecule has 0 spiro atoms. The summed E-state index contributed by atoms with van der Waals surface area (Å²) in [4.78, 5) is 16.4. The largest absolute Gasteiger partial charge is 0.326 e. The Morgan fingerprint density at radius 2 is 1.79 bits per heavy atom. The first-order valence-corrected chi connectivity index (χ1v) is 9.66. The normalized spacial score (nSPS) is 30.7. The molecule has 0 bridgehead atoms. The van der Waals surface area contributed by atoms with Crippen molar-refractivity contribution in [2.75, 3.05) is 11.9 Å². The smallest absolute Gasteiger partial charge is 0.227 e. The standard InChI is InChI=1S/C20H31N3O/c1-15-4-2-3-5-19(15)22-14-16-6-8-17(9-7-16)20(24)23-18-10-12-21-13-11-18/h10-13,15-17,19,22H,2-9,14H2,1H3,(H,21,23,24). The number of hydrogen-bond acceptors (Lipinski definition) is 3. The number of carbonyl (C=O) groups excluding carboxylic acids is 1. The van der Waals surface area contributed by atoms with Gasteiger partial charge in [0.05, 0.1) is 0 Å². The lowest BCUT2D eigenvalue weighted by atomic mass is 9.80. The number of aromatic nitrogens is 1. The van der Waals surface area contributed by atoms with Crippen molar-refractivity contribution in [1.29, 1.82) is 0 Å². The highest BCUT2D eigenvalue weighted by Gasteiger charge is 2.27. The zero-order valence-electron chi connectivity index (χ0n) is 14.8. The van der Waals surface area contributed by atoms with Gasteiger partial charge in [0.2, 0.25) is 5.91 Å². The van der Waals surface area contributed by atoms with E-state index in [-0.39, 0.29) is 11.8 Å². The van der Waals surface area contributed by atoms with E-state index in [2.05, 4.69) is 22.5 Å². The Bertz CT molecular complexity index is 511. The maximum Gasteiger partial charge on any atom is 0.227 e. The fourth-order valence-electron chi connectivity index (χ4n) is 4.25. The van der Waals surface area contributed by atoms with Crippen LogP contribution in [0.4, 0.5) is 5.69 Å². The van der Waals surface area contributed by atoms with Gasteiger partial charge in [-0.3, -0.25) is 9.78 Å². The third kappa shape index (κ3) is 4.79. The summed E-state index contributed by atoms with van der Waals surface area (Å²) in [7, 11) is 0. The summed E-state index contributed by atoms with van der Waals surface area (Å²) in [5.74, 6) is 1.90. The van der Waals surface area contributed by atoms with Gasteiger partial charge in [-0.05, 0) is 69.0 Å². The molecule has 2 fully saturated rings. The second kappa shape index (κ2) is 8.61. The van der Waals surface area contributed by atoms with E-state index in [9.17, 15) is 4.79 Å². The van der Waals surface area contributed by atoms with Gasteiger partial charge in [-0.1, -0.05) is 19.8 Å². The molecular weight excluding hydrogens is 298 g/mol. The molecule has 4 heteroatoms. The molecule has 1 amide bonds. The average molecular weight is 329 g/mol. The van der Waals surface area contributed by atoms with Gasteiger partial charge in [-0.25, -0.2) is 0 Å². The first kappa shape index (κ1) is 17.4. The SMILES string of the molecule is CC1CCCCC1NCC1CCC(C(=O)Nc2ccncc2)CC1. The molecule has 0 aromatic carbocycles. The number of pyridine rings is 1. The number of rotatable bonds is 5. The van der Waals surface area contributed by atoms with Gasteiger partial charge in [0.25, 0.3) is 0 Å². The third-order valence-corrected chi connectivity index (χ3v) is 5.95. The van der Waals surface area contributed by atoms with Crippen molar-refractivity contribution in [2.24, 2.45) is 17.8 Å². The van der Waals surface area contributed by atoms with Crippen LogP contribution in [-0.4, -0.2) is 23.5 Å². The van der Waals surface area contributed by atoms with Crippen molar-refractivity contribution in [1.82, 2.24) is 10.3 Å². The predicted molar refractivity (Wildman–Crippen MR) is 97.7 cm³/mol. The molecule has 2 saturated carbocycles. The summed E-state index contributed by atoms with van der Waals surface area (Å²) >= 11 is 0. The lowest BCUT2D eigenvalue weighted by molar-refractivity contribution is -0.121. The molecule has 2 atom stereocenters. The molecule has 0 saturated heterocycles. The summed E-state index contributed by atoms with van der Waals surface area (Å²) in [5, 5.41) is 6.84. The van der Waals surface area contributed by atoms with E-state index in [0.29, 0.717) is 6.04 Å². The molecule has 1 heterocycles. The van der Waals surface area contributed by atoms with Gasteiger partial charge in [0.1, 0.15) is 0 Å². The van der Waals surface area contributed by atoms with E-state index in [1.807, 2.05) is 12.1 Å². The van der Waals surface area contributed by atoms with Crippen LogP contribution in [0, 0.1) is 17.8 Å². The molecule has 132 valence electrons. The number of anilines is 1. The number of nitrogens with one attached hydrogen (secondary N) is 2. The van der Waals surface area contributed by atoms with Gasteiger partial charge < -0.3 is 10.6 Å². The summed E-state index contributed by atoms with van der Waals surface area (Å²) < 4.78 is 0. The second-order valence-electron chi connectivity index (χ2n) is 7.72. The summed E-state index contributed by atoms with van der Waals surface area (Å²) in [5.41, 5.74) is 0.852. The highest BCUT2D eigenvalue weighted by Crippen LogP contribution is 2.30. The monoisotopic (exact) mass is 329 g/mol. The minimum absolute atomic E-state index is 0.169. The lowest BCUT2D eigenvalue weighted by Crippen LogP contribution is -2.40. The van der Waals surface area contributed by atoms with Gasteiger partial charge in [0, 0.05) is 30.0 Å². The minimum atomic E-state index is 0.169. The molecule has 2 unspecified atom stereocenters. The first-order chi connectivity index (χ1) is 11.7. The second-order valence-corrected chi connectivity index (χ2v) is 7.72. The highest BCUT2D eigenvalue weighted by atomic mass is 16.1. The molecule has 1 aromatic heterocycles. The fourth-order valence-corrected chi connectivity index (χ4v) is 4.25. The van der Waals surface area contributed by atoms with Crippen molar-refractivity contribution >= 4 is 11.6 Å². The Balaban J connectivity index is 1.38. The zero-order valence-corrected chi connectivity index (χ0v) is 14.8. The van der Waals surface area contributed by atoms with E-state index < -0.39 is 0 Å². The minimum Gasteiger partial charge on any atom is -0.326 e. The van der Waals surface area contributed by atoms with Crippen LogP contribution in [0.15, 0.2) is 24.5 Å². The van der Waals surface area contributed by atoms with Crippen LogP contribution in [0.1, 0.15) is 58.3 Å². The summed E-state index contributed by atoms with van der Waals surface area (Å²) in [6.07, 6.45) is 13.3. The highest BCUT2D eigenvalue weighted by molar-refractivity contribution is 5.92. The van der Waals surface area contributed by atoms with Crippen LogP contribution < -0.4 is 10.6 Å². The van der Waals surface area contributed by atoms with Crippen molar-refractivity contribution < 1.29 is 4.79 Å². The summed E-state index contributed by atoms with van der Waals surface area (Å²) in [6, 6.07) is 4.41. The third-order valence-electron chi connectivity index (χ3n) is 5.95. The Morgan fingerprint density at radius 3 is 2.50 bits per heavy atom. The van der Waals surface area contributed by atoms with E-state index in [1.54, 1.807) is 12.4 Å². The van der Waals surface area contributed by atoms with Gasteiger partial charge >= 0.3 is 0 Å². The zero-order chi connectivity index (χ0) is 16.8. The fraction of sp³-hybridized carbons (Fsp3) is 0.700. The quantitative estimate of drug-likeness (QED) is 0.858. The number of carbonyl (C=O) groups is 1. The van der Waals surface area contributed by atoms with Crippen molar-refractivity contribution in [2.45, 2.75) is 64.3 Å². The molecule has 4 nitrogen and oxygen atoms in total. The Labute approximate surface area is 145 Å². The summed E-state index contributed by atoms with van der Waals surface area (Å²) in [6.45, 7) is 3.52. The number of amides is 1. The Morgan fingerprint density at radius 1 is 1.08 bits per heavy atom. The maximum absolute atomic E-state index is 12.4. The van der Waals surface area contributed by atoms with Gasteiger partial charge in [0.15, 0.2) is 0 Å². The van der Waals surface area contributed by atoms with Crippen LogP contribution >= 0.6 is 0 Å². The average Bonchev–Trinajstić information content (AvgIpc) is 2.62. The number of nitrogens with zero attached hydrogens (tertiary/aromatic N) is 1. The predicted octanol–water partition coefficient (Wildman–Crippen LogP) is 3.99. The molecule has 0 aliphatic heterocycles. The lowest BCUT2D eigenvalue weighted by Gasteiger charge is -2.33. The van der Waals surface area contributed by atoms with Crippen molar-refractivity contribution in [3.63, 3.8) is 0 Å². The molecule has 0 radical (unpaired) electrons. The molecule has 2 aliphatic rings. The topological polar surface area (TPSA) is 54.0 Å². The van der Waals surface area contributed by atoms with Crippen LogP contribution in [0.5, 0.6) is 0 Å².